The first-order valence-corrected chi connectivity index (χ1v) is 10.7. The van der Waals surface area contributed by atoms with Gasteiger partial charge < -0.3 is 14.4 Å². The summed E-state index contributed by atoms with van der Waals surface area (Å²) in [5.74, 6) is 1.32. The van der Waals surface area contributed by atoms with Crippen molar-refractivity contribution < 1.29 is 13.9 Å². The maximum atomic E-state index is 14.3. The molecule has 4 heterocycles. The number of halogens is 1. The van der Waals surface area contributed by atoms with Crippen molar-refractivity contribution in [2.75, 3.05) is 18.6 Å². The number of hydrogen-bond acceptors (Lipinski definition) is 7. The molecule has 0 amide bonds. The average Bonchev–Trinajstić information content (AvgIpc) is 2.81. The SMILES string of the molecule is COc1ccc(F)c2c1OC(CN1c3nc(-c4ccncn4)cc(=O)n3CCC1C)CC2. The number of anilines is 1. The van der Waals surface area contributed by atoms with Gasteiger partial charge in [0.1, 0.15) is 18.2 Å². The highest BCUT2D eigenvalue weighted by molar-refractivity contribution is 5.56. The second-order valence-corrected chi connectivity index (χ2v) is 8.15. The van der Waals surface area contributed by atoms with Crippen molar-refractivity contribution in [1.82, 2.24) is 19.5 Å². The van der Waals surface area contributed by atoms with E-state index in [0.29, 0.717) is 60.3 Å². The third kappa shape index (κ3) is 3.57. The van der Waals surface area contributed by atoms with Crippen molar-refractivity contribution in [3.05, 3.63) is 58.5 Å². The normalized spacial score (nSPS) is 19.7. The number of rotatable bonds is 4. The molecule has 5 rings (SSSR count). The molecule has 2 unspecified atom stereocenters. The zero-order chi connectivity index (χ0) is 22.2. The van der Waals surface area contributed by atoms with Gasteiger partial charge in [-0.1, -0.05) is 0 Å². The lowest BCUT2D eigenvalue weighted by molar-refractivity contribution is 0.163. The number of methoxy groups -OCH3 is 1. The molecule has 9 heteroatoms. The van der Waals surface area contributed by atoms with E-state index in [1.807, 2.05) is 0 Å². The zero-order valence-electron chi connectivity index (χ0n) is 18.0. The quantitative estimate of drug-likeness (QED) is 0.621. The monoisotopic (exact) mass is 437 g/mol. The van der Waals surface area contributed by atoms with Gasteiger partial charge in [0.15, 0.2) is 11.5 Å². The minimum atomic E-state index is -0.279. The summed E-state index contributed by atoms with van der Waals surface area (Å²) in [6, 6.07) is 6.42. The first kappa shape index (κ1) is 20.4. The van der Waals surface area contributed by atoms with Crippen molar-refractivity contribution >= 4 is 5.95 Å². The fourth-order valence-corrected chi connectivity index (χ4v) is 4.41. The van der Waals surface area contributed by atoms with E-state index >= 15 is 0 Å². The van der Waals surface area contributed by atoms with Crippen LogP contribution in [0.5, 0.6) is 11.5 Å². The number of nitrogens with zero attached hydrogens (tertiary/aromatic N) is 5. The Hall–Kier alpha value is -3.49. The molecule has 1 aromatic carbocycles. The van der Waals surface area contributed by atoms with Crippen molar-refractivity contribution in [3.63, 3.8) is 0 Å². The van der Waals surface area contributed by atoms with E-state index in [4.69, 9.17) is 14.5 Å². The average molecular weight is 437 g/mol. The third-order valence-corrected chi connectivity index (χ3v) is 6.18. The first-order chi connectivity index (χ1) is 15.5. The van der Waals surface area contributed by atoms with Crippen LogP contribution in [-0.2, 0) is 13.0 Å². The van der Waals surface area contributed by atoms with Gasteiger partial charge in [-0.2, -0.15) is 0 Å². The van der Waals surface area contributed by atoms with Crippen LogP contribution < -0.4 is 19.9 Å². The molecule has 166 valence electrons. The van der Waals surface area contributed by atoms with Crippen LogP contribution in [-0.4, -0.2) is 45.3 Å². The summed E-state index contributed by atoms with van der Waals surface area (Å²) in [6.45, 7) is 3.25. The van der Waals surface area contributed by atoms with Crippen LogP contribution >= 0.6 is 0 Å². The van der Waals surface area contributed by atoms with E-state index in [1.165, 1.54) is 18.5 Å². The molecule has 2 atom stereocenters. The van der Waals surface area contributed by atoms with E-state index in [9.17, 15) is 9.18 Å². The highest BCUT2D eigenvalue weighted by Crippen LogP contribution is 2.39. The van der Waals surface area contributed by atoms with Gasteiger partial charge in [-0.25, -0.2) is 19.3 Å². The van der Waals surface area contributed by atoms with E-state index in [0.717, 1.165) is 6.42 Å². The largest absolute Gasteiger partial charge is 0.493 e. The molecule has 0 N–H and O–H groups in total. The van der Waals surface area contributed by atoms with Crippen LogP contribution in [0, 0.1) is 5.82 Å². The van der Waals surface area contributed by atoms with Gasteiger partial charge in [-0.3, -0.25) is 9.36 Å². The van der Waals surface area contributed by atoms with Crippen LogP contribution in [0.25, 0.3) is 11.4 Å². The van der Waals surface area contributed by atoms with Gasteiger partial charge >= 0.3 is 0 Å². The summed E-state index contributed by atoms with van der Waals surface area (Å²) in [7, 11) is 1.55. The van der Waals surface area contributed by atoms with E-state index < -0.39 is 0 Å². The predicted molar refractivity (Wildman–Crippen MR) is 117 cm³/mol. The maximum Gasteiger partial charge on any atom is 0.255 e. The highest BCUT2D eigenvalue weighted by atomic mass is 19.1. The van der Waals surface area contributed by atoms with Gasteiger partial charge in [0, 0.05) is 30.4 Å². The Morgan fingerprint density at radius 3 is 2.91 bits per heavy atom. The van der Waals surface area contributed by atoms with E-state index in [1.54, 1.807) is 30.0 Å². The molecule has 0 radical (unpaired) electrons. The van der Waals surface area contributed by atoms with Gasteiger partial charge in [0.25, 0.3) is 5.56 Å². The summed E-state index contributed by atoms with van der Waals surface area (Å²) >= 11 is 0. The molecule has 8 nitrogen and oxygen atoms in total. The lowest BCUT2D eigenvalue weighted by Gasteiger charge is -2.39. The van der Waals surface area contributed by atoms with Crippen LogP contribution in [0.15, 0.2) is 41.6 Å². The third-order valence-electron chi connectivity index (χ3n) is 6.18. The van der Waals surface area contributed by atoms with E-state index in [2.05, 4.69) is 21.8 Å². The summed E-state index contributed by atoms with van der Waals surface area (Å²) in [4.78, 5) is 27.9. The Balaban J connectivity index is 1.48. The van der Waals surface area contributed by atoms with Gasteiger partial charge in [0.2, 0.25) is 5.95 Å². The molecular formula is C23H24FN5O3. The van der Waals surface area contributed by atoms with Crippen LogP contribution in [0.1, 0.15) is 25.3 Å². The van der Waals surface area contributed by atoms with Crippen LogP contribution in [0.2, 0.25) is 0 Å². The fraction of sp³-hybridized carbons (Fsp3) is 0.391. The molecule has 3 aromatic rings. The minimum absolute atomic E-state index is 0.112. The minimum Gasteiger partial charge on any atom is -0.493 e. The van der Waals surface area contributed by atoms with Crippen molar-refractivity contribution in [2.45, 2.75) is 44.9 Å². The van der Waals surface area contributed by atoms with E-state index in [-0.39, 0.29) is 23.5 Å². The van der Waals surface area contributed by atoms with Crippen molar-refractivity contribution in [1.29, 1.82) is 0 Å². The standard InChI is InChI=1S/C23H24FN5O3/c1-14-8-10-28-21(30)11-19(18-7-9-25-13-26-18)27-23(28)29(14)12-15-3-4-16-17(24)5-6-20(31-2)22(16)32-15/h5-7,9,11,13-15H,3-4,8,10,12H2,1-2H3. The molecule has 0 saturated heterocycles. The predicted octanol–water partition coefficient (Wildman–Crippen LogP) is 2.84. The molecule has 0 bridgehead atoms. The molecule has 2 aliphatic rings. The summed E-state index contributed by atoms with van der Waals surface area (Å²) in [5.41, 5.74) is 1.55. The Morgan fingerprint density at radius 1 is 1.25 bits per heavy atom. The number of ether oxygens (including phenoxy) is 2. The smallest absolute Gasteiger partial charge is 0.255 e. The molecule has 0 aliphatic carbocycles. The van der Waals surface area contributed by atoms with Crippen molar-refractivity contribution in [2.24, 2.45) is 0 Å². The number of fused-ring (bicyclic) bond motifs is 2. The number of hydrogen-bond donors (Lipinski definition) is 0. The van der Waals surface area contributed by atoms with Crippen LogP contribution in [0.3, 0.4) is 0 Å². The lowest BCUT2D eigenvalue weighted by atomic mass is 10.00. The highest BCUT2D eigenvalue weighted by Gasteiger charge is 2.32. The van der Waals surface area contributed by atoms with Crippen LogP contribution in [0.4, 0.5) is 10.3 Å². The molecule has 0 spiro atoms. The first-order valence-electron chi connectivity index (χ1n) is 10.7. The lowest BCUT2D eigenvalue weighted by Crippen LogP contribution is -2.48. The summed E-state index contributed by atoms with van der Waals surface area (Å²) < 4.78 is 27.6. The fourth-order valence-electron chi connectivity index (χ4n) is 4.41. The summed E-state index contributed by atoms with van der Waals surface area (Å²) in [6.07, 6.45) is 4.92. The Morgan fingerprint density at radius 2 is 2.12 bits per heavy atom. The Kier molecular flexibility index (Phi) is 5.24. The number of aromatic nitrogens is 4. The van der Waals surface area contributed by atoms with Gasteiger partial charge in [-0.15, -0.1) is 0 Å². The zero-order valence-corrected chi connectivity index (χ0v) is 18.0. The van der Waals surface area contributed by atoms with Crippen molar-refractivity contribution in [3.8, 4) is 22.9 Å². The van der Waals surface area contributed by atoms with Gasteiger partial charge in [0.05, 0.1) is 25.0 Å². The Labute approximate surface area is 184 Å². The second kappa shape index (κ2) is 8.22. The molecule has 0 fully saturated rings. The summed E-state index contributed by atoms with van der Waals surface area (Å²) in [5, 5.41) is 0. The maximum absolute atomic E-state index is 14.3. The topological polar surface area (TPSA) is 82.4 Å². The molecule has 0 saturated carbocycles. The molecular weight excluding hydrogens is 413 g/mol. The molecule has 2 aliphatic heterocycles. The van der Waals surface area contributed by atoms with Gasteiger partial charge in [-0.05, 0) is 44.4 Å². The Bertz CT molecular complexity index is 1200. The number of benzene rings is 1. The molecule has 2 aromatic heterocycles. The second-order valence-electron chi connectivity index (χ2n) is 8.15. The molecule has 32 heavy (non-hydrogen) atoms.